The summed E-state index contributed by atoms with van der Waals surface area (Å²) < 4.78 is 0. The lowest BCUT2D eigenvalue weighted by Gasteiger charge is -2.22. The van der Waals surface area contributed by atoms with Crippen LogP contribution in [0.5, 0.6) is 0 Å². The Bertz CT molecular complexity index is 631. The average Bonchev–Trinajstić information content (AvgIpc) is 3.03. The summed E-state index contributed by atoms with van der Waals surface area (Å²) in [4.78, 5) is 3.81. The number of hydrogen-bond donors (Lipinski definition) is 2. The Kier molecular flexibility index (Phi) is 9.75. The first-order chi connectivity index (χ1) is 13.6. The van der Waals surface area contributed by atoms with Gasteiger partial charge in [0.25, 0.3) is 0 Å². The van der Waals surface area contributed by atoms with Gasteiger partial charge in [-0.05, 0) is 30.4 Å². The molecule has 0 amide bonds. The molecule has 28 heavy (non-hydrogen) atoms. The predicted molar refractivity (Wildman–Crippen MR) is 116 cm³/mol. The van der Waals surface area contributed by atoms with E-state index in [2.05, 4.69) is 30.8 Å². The maximum Gasteiger partial charge on any atom is 0.230 e. The number of aliphatic hydroxyl groups excluding tert-OH is 2. The molecular weight excluding hydrogens is 346 g/mol. The first-order valence-corrected chi connectivity index (χ1v) is 11.1. The van der Waals surface area contributed by atoms with Gasteiger partial charge in [0.05, 0.1) is 12.2 Å². The molecule has 0 spiro atoms. The molecule has 1 saturated carbocycles. The van der Waals surface area contributed by atoms with Crippen LogP contribution >= 0.6 is 0 Å². The van der Waals surface area contributed by atoms with Crippen molar-refractivity contribution in [3.63, 3.8) is 0 Å². The highest BCUT2D eigenvalue weighted by Gasteiger charge is 2.46. The second kappa shape index (κ2) is 12.0. The van der Waals surface area contributed by atoms with Crippen molar-refractivity contribution < 1.29 is 10.2 Å². The molecule has 0 bridgehead atoms. The Balaban J connectivity index is 2.07. The van der Waals surface area contributed by atoms with Crippen molar-refractivity contribution in [1.29, 1.82) is 0 Å². The van der Waals surface area contributed by atoms with Gasteiger partial charge in [-0.1, -0.05) is 82.4 Å². The summed E-state index contributed by atoms with van der Waals surface area (Å²) >= 11 is 0. The van der Waals surface area contributed by atoms with E-state index in [1.807, 2.05) is 24.3 Å². The van der Waals surface area contributed by atoms with E-state index < -0.39 is 12.2 Å². The van der Waals surface area contributed by atoms with Gasteiger partial charge < -0.3 is 15.1 Å². The van der Waals surface area contributed by atoms with Crippen LogP contribution in [0, 0.1) is 12.5 Å². The van der Waals surface area contributed by atoms with Crippen LogP contribution in [0.2, 0.25) is 0 Å². The zero-order valence-corrected chi connectivity index (χ0v) is 17.6. The van der Waals surface area contributed by atoms with E-state index in [0.29, 0.717) is 6.42 Å². The molecule has 3 heteroatoms. The summed E-state index contributed by atoms with van der Waals surface area (Å²) in [6.07, 6.45) is 12.6. The lowest BCUT2D eigenvalue weighted by atomic mass is 9.83. The van der Waals surface area contributed by atoms with E-state index in [1.165, 1.54) is 12.8 Å². The normalized spacial score (nSPS) is 25.8. The Morgan fingerprint density at radius 1 is 1.11 bits per heavy atom. The Morgan fingerprint density at radius 3 is 2.46 bits per heavy atom. The van der Waals surface area contributed by atoms with E-state index in [0.717, 1.165) is 49.7 Å². The third kappa shape index (κ3) is 6.19. The number of aliphatic hydroxyl groups is 2. The molecule has 0 radical (unpaired) electrons. The van der Waals surface area contributed by atoms with Crippen LogP contribution in [0.4, 0.5) is 0 Å². The highest BCUT2D eigenvalue weighted by molar-refractivity contribution is 5.30. The fraction of sp³-hybridized carbons (Fsp3) is 0.640. The van der Waals surface area contributed by atoms with Crippen LogP contribution in [0.25, 0.3) is 4.85 Å². The van der Waals surface area contributed by atoms with Gasteiger partial charge in [-0.15, -0.1) is 0 Å². The van der Waals surface area contributed by atoms with Gasteiger partial charge in [0.1, 0.15) is 0 Å². The highest BCUT2D eigenvalue weighted by Crippen LogP contribution is 2.44. The molecule has 1 aliphatic rings. The van der Waals surface area contributed by atoms with Crippen molar-refractivity contribution in [2.45, 2.75) is 95.8 Å². The third-order valence-electron chi connectivity index (χ3n) is 6.11. The fourth-order valence-corrected chi connectivity index (χ4v) is 4.40. The number of nitrogens with zero attached hydrogens (tertiary/aromatic N) is 1. The molecule has 1 aromatic carbocycles. The smallest absolute Gasteiger partial charge is 0.230 e. The summed E-state index contributed by atoms with van der Waals surface area (Å²) in [7, 11) is 0. The third-order valence-corrected chi connectivity index (χ3v) is 6.11. The SMILES string of the molecule is [C-]#[N+][C@@H]1C[C@@H](O)[C@H](c2ccc(C(O)CCCCC)cc2)[C@H]1C/C=C\CCCC. The zero-order chi connectivity index (χ0) is 20.4. The lowest BCUT2D eigenvalue weighted by Crippen LogP contribution is -2.19. The summed E-state index contributed by atoms with van der Waals surface area (Å²) in [5, 5.41) is 21.0. The van der Waals surface area contributed by atoms with Gasteiger partial charge in [0.15, 0.2) is 0 Å². The van der Waals surface area contributed by atoms with Crippen LogP contribution in [-0.2, 0) is 0 Å². The first-order valence-electron chi connectivity index (χ1n) is 11.1. The van der Waals surface area contributed by atoms with E-state index in [9.17, 15) is 10.2 Å². The zero-order valence-electron chi connectivity index (χ0n) is 17.6. The molecule has 2 N–H and O–H groups in total. The lowest BCUT2D eigenvalue weighted by molar-refractivity contribution is 0.154. The largest absolute Gasteiger partial charge is 0.392 e. The van der Waals surface area contributed by atoms with Gasteiger partial charge in [0.2, 0.25) is 6.04 Å². The summed E-state index contributed by atoms with van der Waals surface area (Å²) in [6, 6.07) is 7.98. The molecule has 5 atom stereocenters. The molecule has 0 aromatic heterocycles. The standard InChI is InChI=1S/C25H37NO2/c1-4-6-8-9-11-12-21-22(26-3)18-24(28)25(21)20-16-14-19(15-17-20)23(27)13-10-7-5-2/h9,11,14-17,21-25,27-28H,4-8,10,12-13,18H2,1-2H3/b11-9-/t21-,22+,23?,24+,25+/m0/s1. The van der Waals surface area contributed by atoms with Crippen molar-refractivity contribution in [1.82, 2.24) is 0 Å². The molecule has 1 unspecified atom stereocenters. The Labute approximate surface area is 171 Å². The average molecular weight is 384 g/mol. The van der Waals surface area contributed by atoms with Crippen molar-refractivity contribution >= 4 is 0 Å². The van der Waals surface area contributed by atoms with Crippen LogP contribution in [0.1, 0.15) is 94.8 Å². The summed E-state index contributed by atoms with van der Waals surface area (Å²) in [6.45, 7) is 11.9. The number of benzene rings is 1. The molecule has 154 valence electrons. The van der Waals surface area contributed by atoms with Crippen molar-refractivity contribution in [3.05, 3.63) is 59.0 Å². The first kappa shape index (κ1) is 22.7. The van der Waals surface area contributed by atoms with Gasteiger partial charge in [-0.25, -0.2) is 6.57 Å². The number of allylic oxidation sites excluding steroid dienone is 2. The topological polar surface area (TPSA) is 44.8 Å². The number of hydrogen-bond acceptors (Lipinski definition) is 2. The molecular formula is C25H37NO2. The molecule has 3 nitrogen and oxygen atoms in total. The Morgan fingerprint density at radius 2 is 1.82 bits per heavy atom. The molecule has 2 rings (SSSR count). The maximum atomic E-state index is 10.7. The molecule has 0 saturated heterocycles. The van der Waals surface area contributed by atoms with Gasteiger partial charge in [-0.3, -0.25) is 0 Å². The van der Waals surface area contributed by atoms with Crippen LogP contribution in [0.15, 0.2) is 36.4 Å². The van der Waals surface area contributed by atoms with Crippen LogP contribution in [-0.4, -0.2) is 22.4 Å². The highest BCUT2D eigenvalue weighted by atomic mass is 16.3. The van der Waals surface area contributed by atoms with E-state index in [1.54, 1.807) is 0 Å². The van der Waals surface area contributed by atoms with E-state index >= 15 is 0 Å². The van der Waals surface area contributed by atoms with Crippen molar-refractivity contribution in [2.24, 2.45) is 5.92 Å². The van der Waals surface area contributed by atoms with E-state index in [4.69, 9.17) is 6.57 Å². The maximum absolute atomic E-state index is 10.7. The summed E-state index contributed by atoms with van der Waals surface area (Å²) in [5.74, 6) is 0.159. The second-order valence-electron chi connectivity index (χ2n) is 8.22. The van der Waals surface area contributed by atoms with Gasteiger partial charge >= 0.3 is 0 Å². The monoisotopic (exact) mass is 383 g/mol. The van der Waals surface area contributed by atoms with Gasteiger partial charge in [-0.2, -0.15) is 0 Å². The predicted octanol–water partition coefficient (Wildman–Crippen LogP) is 6.19. The van der Waals surface area contributed by atoms with Gasteiger partial charge in [0, 0.05) is 18.3 Å². The van der Waals surface area contributed by atoms with Crippen molar-refractivity contribution in [2.75, 3.05) is 0 Å². The summed E-state index contributed by atoms with van der Waals surface area (Å²) in [5.41, 5.74) is 2.04. The van der Waals surface area contributed by atoms with E-state index in [-0.39, 0.29) is 17.9 Å². The van der Waals surface area contributed by atoms with Crippen LogP contribution < -0.4 is 0 Å². The quantitative estimate of drug-likeness (QED) is 0.272. The number of rotatable bonds is 11. The molecule has 1 aliphatic carbocycles. The molecule has 1 aromatic rings. The minimum atomic E-state index is -0.464. The second-order valence-corrected chi connectivity index (χ2v) is 8.22. The minimum absolute atomic E-state index is 0.00112. The molecule has 0 heterocycles. The molecule has 1 fully saturated rings. The van der Waals surface area contributed by atoms with Crippen molar-refractivity contribution in [3.8, 4) is 0 Å². The minimum Gasteiger partial charge on any atom is -0.392 e. The molecule has 0 aliphatic heterocycles. The van der Waals surface area contributed by atoms with Crippen LogP contribution in [0.3, 0.4) is 0 Å². The fourth-order valence-electron chi connectivity index (χ4n) is 4.40. The Hall–Kier alpha value is -1.63. The number of unbranched alkanes of at least 4 members (excludes halogenated alkanes) is 4.